The average Bonchev–Trinajstić information content (AvgIpc) is 3.24. The zero-order chi connectivity index (χ0) is 20.2. The molecule has 148 valence electrons. The number of imidazole rings is 1. The number of fused-ring (bicyclic) bond motifs is 2. The first-order valence-corrected chi connectivity index (χ1v) is 10.5. The van der Waals surface area contributed by atoms with Gasteiger partial charge in [0.05, 0.1) is 13.2 Å². The molecule has 0 radical (unpaired) electrons. The van der Waals surface area contributed by atoms with Crippen LogP contribution < -0.4 is 9.30 Å². The van der Waals surface area contributed by atoms with Gasteiger partial charge in [-0.25, -0.2) is 9.13 Å². The van der Waals surface area contributed by atoms with Gasteiger partial charge in [0.15, 0.2) is 0 Å². The molecular weight excluding hydrogens is 368 g/mol. The van der Waals surface area contributed by atoms with Crippen molar-refractivity contribution < 1.29 is 9.30 Å². The Morgan fingerprint density at radius 2 is 1.43 bits per heavy atom. The molecule has 3 nitrogen and oxygen atoms in total. The lowest BCUT2D eigenvalue weighted by Crippen LogP contribution is -2.31. The molecule has 30 heavy (non-hydrogen) atoms. The van der Waals surface area contributed by atoms with E-state index in [1.165, 1.54) is 27.1 Å². The van der Waals surface area contributed by atoms with Gasteiger partial charge in [-0.1, -0.05) is 66.7 Å². The van der Waals surface area contributed by atoms with Crippen molar-refractivity contribution >= 4 is 21.5 Å². The van der Waals surface area contributed by atoms with Crippen molar-refractivity contribution in [1.82, 2.24) is 4.57 Å². The lowest BCUT2D eigenvalue weighted by atomic mass is 9.97. The zero-order valence-electron chi connectivity index (χ0n) is 16.9. The van der Waals surface area contributed by atoms with Crippen LogP contribution in [-0.2, 0) is 13.1 Å². The second-order valence-corrected chi connectivity index (χ2v) is 7.64. The molecule has 5 rings (SSSR count). The summed E-state index contributed by atoms with van der Waals surface area (Å²) >= 11 is 0. The van der Waals surface area contributed by atoms with Gasteiger partial charge in [0, 0.05) is 12.0 Å². The minimum atomic E-state index is 0.718. The van der Waals surface area contributed by atoms with Crippen molar-refractivity contribution in [2.75, 3.05) is 6.61 Å². The molecule has 0 spiro atoms. The van der Waals surface area contributed by atoms with Crippen molar-refractivity contribution in [1.29, 1.82) is 0 Å². The smallest absolute Gasteiger partial charge is 0.244 e. The highest BCUT2D eigenvalue weighted by molar-refractivity contribution is 6.02. The fourth-order valence-corrected chi connectivity index (χ4v) is 4.08. The molecule has 4 aromatic carbocycles. The molecule has 5 aromatic rings. The molecule has 0 aliphatic heterocycles. The number of rotatable bonds is 7. The monoisotopic (exact) mass is 393 g/mol. The normalized spacial score (nSPS) is 11.2. The lowest BCUT2D eigenvalue weighted by Gasteiger charge is -2.10. The van der Waals surface area contributed by atoms with Crippen LogP contribution in [0.15, 0.2) is 104 Å². The Morgan fingerprint density at radius 1 is 0.767 bits per heavy atom. The van der Waals surface area contributed by atoms with Crippen LogP contribution in [0.5, 0.6) is 5.75 Å². The number of aryl methyl sites for hydroxylation is 1. The molecule has 0 N–H and O–H groups in total. The first kappa shape index (κ1) is 18.4. The number of hydrogen-bond acceptors (Lipinski definition) is 1. The van der Waals surface area contributed by atoms with E-state index in [0.717, 1.165) is 31.9 Å². The molecule has 0 fully saturated rings. The van der Waals surface area contributed by atoms with Crippen LogP contribution in [-0.4, -0.2) is 11.2 Å². The summed E-state index contributed by atoms with van der Waals surface area (Å²) < 4.78 is 10.3. The fraction of sp³-hybridized carbons (Fsp3) is 0.148. The Morgan fingerprint density at radius 3 is 2.17 bits per heavy atom. The summed E-state index contributed by atoms with van der Waals surface area (Å²) in [7, 11) is 0. The van der Waals surface area contributed by atoms with Gasteiger partial charge in [-0.3, -0.25) is 0 Å². The zero-order valence-corrected chi connectivity index (χ0v) is 16.9. The molecule has 0 aliphatic rings. The largest absolute Gasteiger partial charge is 0.493 e. The number of para-hydroxylation sites is 1. The summed E-state index contributed by atoms with van der Waals surface area (Å²) in [6, 6.07) is 29.6. The SMILES string of the molecule is c1ccc(OCCCn2cc[n+](Cc3c4ccccc4cc4ccccc34)c2)cc1. The van der Waals surface area contributed by atoms with E-state index in [-0.39, 0.29) is 0 Å². The van der Waals surface area contributed by atoms with Crippen LogP contribution in [0.1, 0.15) is 12.0 Å². The topological polar surface area (TPSA) is 18.0 Å². The third kappa shape index (κ3) is 3.92. The third-order valence-corrected chi connectivity index (χ3v) is 5.54. The molecule has 0 atom stereocenters. The van der Waals surface area contributed by atoms with Crippen LogP contribution >= 0.6 is 0 Å². The Balaban J connectivity index is 1.32. The second-order valence-electron chi connectivity index (χ2n) is 7.64. The predicted molar refractivity (Wildman–Crippen MR) is 122 cm³/mol. The van der Waals surface area contributed by atoms with Crippen LogP contribution in [0.3, 0.4) is 0 Å². The fourth-order valence-electron chi connectivity index (χ4n) is 4.08. The second kappa shape index (κ2) is 8.42. The van der Waals surface area contributed by atoms with Gasteiger partial charge in [-0.05, 0) is 39.7 Å². The summed E-state index contributed by atoms with van der Waals surface area (Å²) in [4.78, 5) is 0. The Hall–Kier alpha value is -3.59. The summed E-state index contributed by atoms with van der Waals surface area (Å²) in [6.45, 7) is 2.52. The van der Waals surface area contributed by atoms with E-state index in [0.29, 0.717) is 0 Å². The molecule has 3 heteroatoms. The minimum Gasteiger partial charge on any atom is -0.493 e. The maximum atomic E-state index is 5.81. The van der Waals surface area contributed by atoms with Crippen molar-refractivity contribution in [3.63, 3.8) is 0 Å². The van der Waals surface area contributed by atoms with Crippen molar-refractivity contribution in [2.24, 2.45) is 0 Å². The molecule has 0 aliphatic carbocycles. The van der Waals surface area contributed by atoms with Crippen molar-refractivity contribution in [3.8, 4) is 5.75 Å². The van der Waals surface area contributed by atoms with Crippen LogP contribution in [0.4, 0.5) is 0 Å². The molecule has 0 amide bonds. The maximum absolute atomic E-state index is 5.81. The van der Waals surface area contributed by atoms with Gasteiger partial charge in [0.1, 0.15) is 24.7 Å². The number of benzene rings is 4. The third-order valence-electron chi connectivity index (χ3n) is 5.54. The van der Waals surface area contributed by atoms with Gasteiger partial charge in [-0.15, -0.1) is 0 Å². The van der Waals surface area contributed by atoms with Gasteiger partial charge >= 0.3 is 0 Å². The highest BCUT2D eigenvalue weighted by Crippen LogP contribution is 2.28. The van der Waals surface area contributed by atoms with E-state index in [2.05, 4.69) is 82.5 Å². The number of aromatic nitrogens is 2. The standard InChI is InChI=1S/C27H25N2O/c1-2-11-24(12-3-1)30-18-8-15-28-16-17-29(21-28)20-27-25-13-6-4-9-22(25)19-23-10-5-7-14-26(23)27/h1-7,9-14,16-17,19,21H,8,15,18,20H2/q+1. The first-order valence-electron chi connectivity index (χ1n) is 10.5. The Labute approximate surface area is 176 Å². The van der Waals surface area contributed by atoms with Crippen molar-refractivity contribution in [3.05, 3.63) is 109 Å². The number of ether oxygens (including phenoxy) is 1. The van der Waals surface area contributed by atoms with Crippen LogP contribution in [0.25, 0.3) is 21.5 Å². The molecule has 1 heterocycles. The van der Waals surface area contributed by atoms with Gasteiger partial charge < -0.3 is 4.74 Å². The van der Waals surface area contributed by atoms with Crippen LogP contribution in [0.2, 0.25) is 0 Å². The van der Waals surface area contributed by atoms with Crippen LogP contribution in [0, 0.1) is 0 Å². The van der Waals surface area contributed by atoms with Gasteiger partial charge in [0.25, 0.3) is 0 Å². The van der Waals surface area contributed by atoms with Gasteiger partial charge in [0.2, 0.25) is 6.33 Å². The number of hydrogen-bond donors (Lipinski definition) is 0. The summed E-state index contributed by atoms with van der Waals surface area (Å²) in [5.74, 6) is 0.933. The first-order chi connectivity index (χ1) is 14.9. The number of nitrogens with zero attached hydrogens (tertiary/aromatic N) is 2. The summed E-state index contributed by atoms with van der Waals surface area (Å²) in [5.41, 5.74) is 1.37. The van der Waals surface area contributed by atoms with E-state index >= 15 is 0 Å². The molecule has 0 unspecified atom stereocenters. The van der Waals surface area contributed by atoms with E-state index < -0.39 is 0 Å². The van der Waals surface area contributed by atoms with E-state index in [9.17, 15) is 0 Å². The Bertz CT molecular complexity index is 1220. The quantitative estimate of drug-likeness (QED) is 0.200. The predicted octanol–water partition coefficient (Wildman–Crippen LogP) is 5.60. The summed E-state index contributed by atoms with van der Waals surface area (Å²) in [5, 5.41) is 5.24. The molecule has 0 saturated carbocycles. The summed E-state index contributed by atoms with van der Waals surface area (Å²) in [6.07, 6.45) is 7.48. The van der Waals surface area contributed by atoms with Crippen molar-refractivity contribution in [2.45, 2.75) is 19.5 Å². The molecule has 0 saturated heterocycles. The average molecular weight is 394 g/mol. The molecular formula is C27H25N2O+. The molecule has 1 aromatic heterocycles. The Kier molecular flexibility index (Phi) is 5.17. The van der Waals surface area contributed by atoms with E-state index in [1.54, 1.807) is 0 Å². The highest BCUT2D eigenvalue weighted by atomic mass is 16.5. The van der Waals surface area contributed by atoms with E-state index in [1.807, 2.05) is 30.3 Å². The molecule has 0 bridgehead atoms. The van der Waals surface area contributed by atoms with Gasteiger partial charge in [-0.2, -0.15) is 0 Å². The maximum Gasteiger partial charge on any atom is 0.244 e. The highest BCUT2D eigenvalue weighted by Gasteiger charge is 2.11. The minimum absolute atomic E-state index is 0.718. The van der Waals surface area contributed by atoms with E-state index in [4.69, 9.17) is 4.74 Å². The lowest BCUT2D eigenvalue weighted by molar-refractivity contribution is -0.687.